The van der Waals surface area contributed by atoms with Crippen molar-refractivity contribution in [3.05, 3.63) is 35.4 Å². The minimum Gasteiger partial charge on any atom is -0.301 e. The molecule has 2 nitrogen and oxygen atoms in total. The first-order valence-electron chi connectivity index (χ1n) is 6.52. The molecule has 102 valence electrons. The van der Waals surface area contributed by atoms with E-state index >= 15 is 0 Å². The first-order chi connectivity index (χ1) is 8.74. The lowest BCUT2D eigenvalue weighted by Crippen LogP contribution is -2.51. The Kier molecular flexibility index (Phi) is 3.48. The summed E-state index contributed by atoms with van der Waals surface area (Å²) < 4.78 is 0. The van der Waals surface area contributed by atoms with Gasteiger partial charge in [0.25, 0.3) is 0 Å². The quantitative estimate of drug-likeness (QED) is 0.706. The van der Waals surface area contributed by atoms with Crippen molar-refractivity contribution in [3.8, 4) is 0 Å². The second-order valence-electron chi connectivity index (χ2n) is 5.79. The van der Waals surface area contributed by atoms with Crippen molar-refractivity contribution in [2.24, 2.45) is 0 Å². The average Bonchev–Trinajstić information content (AvgIpc) is 2.28. The van der Waals surface area contributed by atoms with E-state index in [1.807, 2.05) is 30.9 Å². The second-order valence-corrected chi connectivity index (χ2v) is 6.45. The summed E-state index contributed by atoms with van der Waals surface area (Å²) in [7, 11) is 0. The Labute approximate surface area is 120 Å². The van der Waals surface area contributed by atoms with Crippen molar-refractivity contribution in [3.63, 3.8) is 0 Å². The number of carbonyl (C=O) groups excluding carboxylic acids is 1. The topological polar surface area (TPSA) is 20.3 Å². The largest absolute Gasteiger partial charge is 0.301 e. The van der Waals surface area contributed by atoms with Gasteiger partial charge < -0.3 is 4.90 Å². The van der Waals surface area contributed by atoms with E-state index in [1.165, 1.54) is 11.1 Å². The number of nitrogens with zero attached hydrogens (tertiary/aromatic N) is 1. The third kappa shape index (κ3) is 2.42. The zero-order valence-electron chi connectivity index (χ0n) is 12.1. The van der Waals surface area contributed by atoms with Gasteiger partial charge in [-0.2, -0.15) is 0 Å². The molecule has 1 aliphatic heterocycles. The van der Waals surface area contributed by atoms with Crippen LogP contribution in [-0.2, 0) is 4.79 Å². The molecule has 0 aromatic heterocycles. The Morgan fingerprint density at radius 3 is 2.53 bits per heavy atom. The number of benzene rings is 1. The molecule has 0 N–H and O–H groups in total. The van der Waals surface area contributed by atoms with E-state index in [1.54, 1.807) is 6.92 Å². The van der Waals surface area contributed by atoms with Gasteiger partial charge in [-0.3, -0.25) is 4.79 Å². The van der Waals surface area contributed by atoms with E-state index in [9.17, 15) is 4.79 Å². The molecule has 0 fully saturated rings. The molecule has 0 radical (unpaired) electrons. The number of halogens is 1. The number of hydrogen-bond acceptors (Lipinski definition) is 1. The zero-order valence-corrected chi connectivity index (χ0v) is 12.9. The second kappa shape index (κ2) is 4.68. The van der Waals surface area contributed by atoms with Gasteiger partial charge in [0.15, 0.2) is 0 Å². The molecule has 2 rings (SSSR count). The summed E-state index contributed by atoms with van der Waals surface area (Å²) >= 11 is 6.01. The van der Waals surface area contributed by atoms with Crippen LogP contribution in [0.15, 0.2) is 24.3 Å². The molecule has 0 aliphatic carbocycles. The molecule has 1 amide bonds. The minimum atomic E-state index is -0.528. The Morgan fingerprint density at radius 1 is 1.32 bits per heavy atom. The van der Waals surface area contributed by atoms with E-state index in [4.69, 9.17) is 11.6 Å². The Balaban J connectivity index is 2.64. The maximum absolute atomic E-state index is 12.4. The highest BCUT2D eigenvalue weighted by Crippen LogP contribution is 2.39. The third-order valence-corrected chi connectivity index (χ3v) is 3.71. The molecular weight excluding hydrogens is 258 g/mol. The van der Waals surface area contributed by atoms with Gasteiger partial charge in [0, 0.05) is 5.56 Å². The Hall–Kier alpha value is -1.28. The standard InChI is InChI=1S/C16H20ClNO/c1-10-6-7-14-13(8-10)11(2)9-16(4,5)18(14)15(19)12(3)17/h6-9,12H,1-5H3/t12-/m1/s1. The Bertz CT molecular complexity index is 558. The molecule has 0 saturated heterocycles. The lowest BCUT2D eigenvalue weighted by Gasteiger charge is -2.42. The maximum atomic E-state index is 12.4. The van der Waals surface area contributed by atoms with Crippen molar-refractivity contribution >= 4 is 28.8 Å². The monoisotopic (exact) mass is 277 g/mol. The summed E-state index contributed by atoms with van der Waals surface area (Å²) in [6, 6.07) is 6.17. The van der Waals surface area contributed by atoms with Crippen molar-refractivity contribution in [2.45, 2.75) is 45.5 Å². The lowest BCUT2D eigenvalue weighted by molar-refractivity contribution is -0.118. The van der Waals surface area contributed by atoms with Crippen LogP contribution in [0.5, 0.6) is 0 Å². The van der Waals surface area contributed by atoms with Gasteiger partial charge in [-0.1, -0.05) is 17.7 Å². The molecule has 0 saturated carbocycles. The van der Waals surface area contributed by atoms with Crippen LogP contribution in [0, 0.1) is 6.92 Å². The van der Waals surface area contributed by atoms with E-state index in [-0.39, 0.29) is 11.4 Å². The summed E-state index contributed by atoms with van der Waals surface area (Å²) in [6.45, 7) is 9.95. The summed E-state index contributed by atoms with van der Waals surface area (Å²) in [5.41, 5.74) is 4.11. The van der Waals surface area contributed by atoms with E-state index in [0.29, 0.717) is 0 Å². The lowest BCUT2D eigenvalue weighted by atomic mass is 9.88. The zero-order chi connectivity index (χ0) is 14.4. The fourth-order valence-electron chi connectivity index (χ4n) is 2.72. The SMILES string of the molecule is CC1=CC(C)(C)N(C(=O)[C@@H](C)Cl)c2ccc(C)cc21. The first kappa shape index (κ1) is 14.1. The summed E-state index contributed by atoms with van der Waals surface area (Å²) in [6.07, 6.45) is 2.13. The molecule has 1 heterocycles. The van der Waals surface area contributed by atoms with Gasteiger partial charge in [-0.25, -0.2) is 0 Å². The Morgan fingerprint density at radius 2 is 1.95 bits per heavy atom. The fraction of sp³-hybridized carbons (Fsp3) is 0.438. The minimum absolute atomic E-state index is 0.0551. The summed E-state index contributed by atoms with van der Waals surface area (Å²) in [4.78, 5) is 14.2. The molecule has 1 atom stereocenters. The number of hydrogen-bond donors (Lipinski definition) is 0. The highest BCUT2D eigenvalue weighted by atomic mass is 35.5. The van der Waals surface area contributed by atoms with Crippen LogP contribution in [-0.4, -0.2) is 16.8 Å². The highest BCUT2D eigenvalue weighted by molar-refractivity contribution is 6.33. The van der Waals surface area contributed by atoms with E-state index < -0.39 is 5.38 Å². The number of alkyl halides is 1. The van der Waals surface area contributed by atoms with Crippen LogP contribution < -0.4 is 4.90 Å². The molecular formula is C16H20ClNO. The van der Waals surface area contributed by atoms with Crippen molar-refractivity contribution < 1.29 is 4.79 Å². The number of fused-ring (bicyclic) bond motifs is 1. The average molecular weight is 278 g/mol. The molecule has 0 bridgehead atoms. The van der Waals surface area contributed by atoms with Crippen molar-refractivity contribution in [2.75, 3.05) is 4.90 Å². The maximum Gasteiger partial charge on any atom is 0.245 e. The van der Waals surface area contributed by atoms with Crippen LogP contribution in [0.4, 0.5) is 5.69 Å². The fourth-order valence-corrected chi connectivity index (χ4v) is 2.82. The number of amides is 1. The number of allylic oxidation sites excluding steroid dienone is 1. The number of aryl methyl sites for hydroxylation is 1. The smallest absolute Gasteiger partial charge is 0.245 e. The van der Waals surface area contributed by atoms with E-state index in [0.717, 1.165) is 11.3 Å². The molecule has 1 aliphatic rings. The van der Waals surface area contributed by atoms with E-state index in [2.05, 4.69) is 26.0 Å². The molecule has 0 unspecified atom stereocenters. The van der Waals surface area contributed by atoms with Crippen LogP contribution >= 0.6 is 11.6 Å². The van der Waals surface area contributed by atoms with Crippen molar-refractivity contribution in [1.29, 1.82) is 0 Å². The van der Waals surface area contributed by atoms with Gasteiger partial charge in [-0.15, -0.1) is 11.6 Å². The van der Waals surface area contributed by atoms with Gasteiger partial charge in [0.2, 0.25) is 5.91 Å². The van der Waals surface area contributed by atoms with Crippen LogP contribution in [0.25, 0.3) is 5.57 Å². The third-order valence-electron chi connectivity index (χ3n) is 3.52. The molecule has 1 aromatic rings. The predicted octanol–water partition coefficient (Wildman–Crippen LogP) is 4.15. The number of carbonyl (C=O) groups is 1. The molecule has 19 heavy (non-hydrogen) atoms. The van der Waals surface area contributed by atoms with Gasteiger partial charge in [0.05, 0.1) is 11.2 Å². The number of rotatable bonds is 1. The highest BCUT2D eigenvalue weighted by Gasteiger charge is 2.36. The predicted molar refractivity (Wildman–Crippen MR) is 81.7 cm³/mol. The summed E-state index contributed by atoms with van der Waals surface area (Å²) in [5.74, 6) is -0.0551. The van der Waals surface area contributed by atoms with Crippen LogP contribution in [0.2, 0.25) is 0 Å². The first-order valence-corrected chi connectivity index (χ1v) is 6.96. The van der Waals surface area contributed by atoms with Crippen LogP contribution in [0.1, 0.15) is 38.8 Å². The molecule has 1 aromatic carbocycles. The van der Waals surface area contributed by atoms with Gasteiger partial charge in [-0.05, 0) is 52.3 Å². The molecule has 3 heteroatoms. The van der Waals surface area contributed by atoms with Gasteiger partial charge in [0.1, 0.15) is 5.38 Å². The van der Waals surface area contributed by atoms with Gasteiger partial charge >= 0.3 is 0 Å². The molecule has 0 spiro atoms. The van der Waals surface area contributed by atoms with Crippen LogP contribution in [0.3, 0.4) is 0 Å². The van der Waals surface area contributed by atoms with Crippen molar-refractivity contribution in [1.82, 2.24) is 0 Å². The summed E-state index contributed by atoms with van der Waals surface area (Å²) in [5, 5.41) is -0.528. The number of anilines is 1. The normalized spacial score (nSPS) is 18.6.